The lowest BCUT2D eigenvalue weighted by Crippen LogP contribution is -2.34. The highest BCUT2D eigenvalue weighted by atomic mass is 79.9. The largest absolute Gasteiger partial charge is 0.393 e. The predicted octanol–water partition coefficient (Wildman–Crippen LogP) is 2.80. The van der Waals surface area contributed by atoms with Gasteiger partial charge < -0.3 is 15.7 Å². The monoisotopic (exact) mass is 340 g/mol. The number of aliphatic hydroxyl groups is 1. The van der Waals surface area contributed by atoms with Crippen LogP contribution in [0.25, 0.3) is 0 Å². The highest BCUT2D eigenvalue weighted by molar-refractivity contribution is 9.10. The fourth-order valence-electron chi connectivity index (χ4n) is 2.55. The van der Waals surface area contributed by atoms with Gasteiger partial charge in [0.1, 0.15) is 0 Å². The van der Waals surface area contributed by atoms with E-state index in [0.29, 0.717) is 6.04 Å². The Bertz CT molecular complexity index is 471. The van der Waals surface area contributed by atoms with Crippen LogP contribution in [-0.4, -0.2) is 23.2 Å². The first-order valence-corrected chi connectivity index (χ1v) is 7.81. The van der Waals surface area contributed by atoms with Gasteiger partial charge in [0.25, 0.3) is 0 Å². The van der Waals surface area contributed by atoms with Crippen LogP contribution < -0.4 is 10.6 Å². The number of anilines is 1. The molecular weight excluding hydrogens is 320 g/mol. The van der Waals surface area contributed by atoms with E-state index in [4.69, 9.17) is 0 Å². The van der Waals surface area contributed by atoms with Crippen molar-refractivity contribution in [3.63, 3.8) is 0 Å². The minimum atomic E-state index is -0.131. The number of amides is 1. The van der Waals surface area contributed by atoms with Crippen molar-refractivity contribution in [2.45, 2.75) is 51.3 Å². The van der Waals surface area contributed by atoms with Gasteiger partial charge in [-0.2, -0.15) is 0 Å². The zero-order chi connectivity index (χ0) is 14.5. The molecule has 0 unspecified atom stereocenters. The van der Waals surface area contributed by atoms with Crippen LogP contribution in [0.1, 0.15) is 38.2 Å². The average Bonchev–Trinajstić information content (AvgIpc) is 2.40. The molecule has 4 nitrogen and oxygen atoms in total. The predicted molar refractivity (Wildman–Crippen MR) is 83.5 cm³/mol. The fourth-order valence-corrected chi connectivity index (χ4v) is 2.96. The number of hydrogen-bond donors (Lipinski definition) is 3. The lowest BCUT2D eigenvalue weighted by Gasteiger charge is -2.26. The van der Waals surface area contributed by atoms with Crippen molar-refractivity contribution in [2.75, 3.05) is 5.32 Å². The summed E-state index contributed by atoms with van der Waals surface area (Å²) >= 11 is 3.46. The van der Waals surface area contributed by atoms with Gasteiger partial charge in [-0.3, -0.25) is 4.79 Å². The van der Waals surface area contributed by atoms with Gasteiger partial charge in [-0.05, 0) is 49.4 Å². The van der Waals surface area contributed by atoms with Crippen LogP contribution in [0.5, 0.6) is 0 Å². The Hall–Kier alpha value is -0.910. The third-order valence-electron chi connectivity index (χ3n) is 3.66. The summed E-state index contributed by atoms with van der Waals surface area (Å²) in [7, 11) is 0. The third kappa shape index (κ3) is 4.58. The number of benzene rings is 1. The van der Waals surface area contributed by atoms with Gasteiger partial charge in [-0.15, -0.1) is 0 Å². The summed E-state index contributed by atoms with van der Waals surface area (Å²) in [5.41, 5.74) is 1.92. The van der Waals surface area contributed by atoms with Crippen molar-refractivity contribution in [3.8, 4) is 0 Å². The van der Waals surface area contributed by atoms with Crippen LogP contribution in [0.3, 0.4) is 0 Å². The molecule has 1 saturated carbocycles. The van der Waals surface area contributed by atoms with Gasteiger partial charge in [-0.25, -0.2) is 0 Å². The van der Waals surface area contributed by atoms with Gasteiger partial charge in [0.15, 0.2) is 0 Å². The molecule has 1 aromatic carbocycles. The van der Waals surface area contributed by atoms with Crippen molar-refractivity contribution < 1.29 is 9.90 Å². The quantitative estimate of drug-likeness (QED) is 0.789. The standard InChI is InChI=1S/C15H21BrN2O2/c1-10(19)18-15-7-2-12(16)8-11(15)9-17-13-3-5-14(20)6-4-13/h2,7-8,13-14,17,20H,3-6,9H2,1H3,(H,18,19). The highest BCUT2D eigenvalue weighted by Crippen LogP contribution is 2.23. The summed E-state index contributed by atoms with van der Waals surface area (Å²) in [4.78, 5) is 11.2. The van der Waals surface area contributed by atoms with Crippen LogP contribution in [-0.2, 0) is 11.3 Å². The smallest absolute Gasteiger partial charge is 0.221 e. The van der Waals surface area contributed by atoms with E-state index < -0.39 is 0 Å². The molecule has 5 heteroatoms. The molecule has 0 atom stereocenters. The zero-order valence-corrected chi connectivity index (χ0v) is 13.2. The van der Waals surface area contributed by atoms with Crippen molar-refractivity contribution in [1.29, 1.82) is 0 Å². The SMILES string of the molecule is CC(=O)Nc1ccc(Br)cc1CNC1CCC(O)CC1. The van der Waals surface area contributed by atoms with Crippen LogP contribution >= 0.6 is 15.9 Å². The Morgan fingerprint density at radius 3 is 2.70 bits per heavy atom. The molecule has 3 N–H and O–H groups in total. The number of halogens is 1. The van der Waals surface area contributed by atoms with E-state index >= 15 is 0 Å². The molecular formula is C15H21BrN2O2. The third-order valence-corrected chi connectivity index (χ3v) is 4.15. The van der Waals surface area contributed by atoms with Crippen molar-refractivity contribution >= 4 is 27.5 Å². The summed E-state index contributed by atoms with van der Waals surface area (Å²) in [5.74, 6) is -0.0608. The van der Waals surface area contributed by atoms with Gasteiger partial charge in [-0.1, -0.05) is 15.9 Å². The van der Waals surface area contributed by atoms with Crippen molar-refractivity contribution in [3.05, 3.63) is 28.2 Å². The Morgan fingerprint density at radius 2 is 2.05 bits per heavy atom. The summed E-state index contributed by atoms with van der Waals surface area (Å²) in [5, 5.41) is 15.9. The van der Waals surface area contributed by atoms with Gasteiger partial charge in [0, 0.05) is 29.7 Å². The second kappa shape index (κ2) is 7.20. The Labute approximate surface area is 128 Å². The number of aliphatic hydroxyl groups excluding tert-OH is 1. The Kier molecular flexibility index (Phi) is 5.57. The zero-order valence-electron chi connectivity index (χ0n) is 11.7. The van der Waals surface area contributed by atoms with E-state index in [1.54, 1.807) is 0 Å². The topological polar surface area (TPSA) is 61.4 Å². The lowest BCUT2D eigenvalue weighted by atomic mass is 9.93. The fraction of sp³-hybridized carbons (Fsp3) is 0.533. The van der Waals surface area contributed by atoms with Gasteiger partial charge in [0.2, 0.25) is 5.91 Å². The molecule has 0 radical (unpaired) electrons. The van der Waals surface area contributed by atoms with E-state index in [-0.39, 0.29) is 12.0 Å². The van der Waals surface area contributed by atoms with Crippen molar-refractivity contribution in [2.24, 2.45) is 0 Å². The molecule has 0 saturated heterocycles. The Balaban J connectivity index is 1.97. The first kappa shape index (κ1) is 15.5. The number of nitrogens with one attached hydrogen (secondary N) is 2. The number of hydrogen-bond acceptors (Lipinski definition) is 3. The van der Waals surface area contributed by atoms with E-state index in [2.05, 4.69) is 26.6 Å². The van der Waals surface area contributed by atoms with E-state index in [0.717, 1.165) is 48.0 Å². The van der Waals surface area contributed by atoms with Crippen molar-refractivity contribution in [1.82, 2.24) is 5.32 Å². The summed E-state index contributed by atoms with van der Waals surface area (Å²) in [6.45, 7) is 2.23. The van der Waals surface area contributed by atoms with Crippen LogP contribution in [0.4, 0.5) is 5.69 Å². The molecule has 0 bridgehead atoms. The number of carbonyl (C=O) groups excluding carboxylic acids is 1. The molecule has 0 aliphatic heterocycles. The van der Waals surface area contributed by atoms with Crippen LogP contribution in [0.2, 0.25) is 0 Å². The van der Waals surface area contributed by atoms with Crippen LogP contribution in [0.15, 0.2) is 22.7 Å². The first-order chi connectivity index (χ1) is 9.54. The minimum Gasteiger partial charge on any atom is -0.393 e. The van der Waals surface area contributed by atoms with E-state index in [9.17, 15) is 9.90 Å². The maximum Gasteiger partial charge on any atom is 0.221 e. The maximum absolute atomic E-state index is 11.2. The molecule has 0 aromatic heterocycles. The highest BCUT2D eigenvalue weighted by Gasteiger charge is 2.19. The molecule has 0 heterocycles. The molecule has 0 spiro atoms. The summed E-state index contributed by atoms with van der Waals surface area (Å²) in [6.07, 6.45) is 3.62. The number of carbonyl (C=O) groups is 1. The van der Waals surface area contributed by atoms with E-state index in [1.165, 1.54) is 6.92 Å². The molecule has 110 valence electrons. The molecule has 1 aliphatic rings. The molecule has 2 rings (SSSR count). The average molecular weight is 341 g/mol. The summed E-state index contributed by atoms with van der Waals surface area (Å²) in [6, 6.07) is 6.30. The second-order valence-corrected chi connectivity index (χ2v) is 6.28. The maximum atomic E-state index is 11.2. The van der Waals surface area contributed by atoms with Gasteiger partial charge >= 0.3 is 0 Å². The minimum absolute atomic E-state index is 0.0608. The Morgan fingerprint density at radius 1 is 1.35 bits per heavy atom. The molecule has 1 aliphatic carbocycles. The number of rotatable bonds is 4. The van der Waals surface area contributed by atoms with E-state index in [1.807, 2.05) is 18.2 Å². The molecule has 20 heavy (non-hydrogen) atoms. The molecule has 1 fully saturated rings. The first-order valence-electron chi connectivity index (χ1n) is 7.02. The molecule has 1 amide bonds. The normalized spacial score (nSPS) is 22.6. The summed E-state index contributed by atoms with van der Waals surface area (Å²) < 4.78 is 1.00. The second-order valence-electron chi connectivity index (χ2n) is 5.37. The van der Waals surface area contributed by atoms with Crippen LogP contribution in [0, 0.1) is 0 Å². The molecule has 1 aromatic rings. The van der Waals surface area contributed by atoms with Gasteiger partial charge in [0.05, 0.1) is 6.10 Å². The lowest BCUT2D eigenvalue weighted by molar-refractivity contribution is -0.114.